The third-order valence-electron chi connectivity index (χ3n) is 12.1. The molecule has 1 aromatic carbocycles. The van der Waals surface area contributed by atoms with Crippen LogP contribution in [0.3, 0.4) is 0 Å². The van der Waals surface area contributed by atoms with E-state index in [9.17, 15) is 109 Å². The maximum absolute atomic E-state index is 13.6. The molecule has 1 aromatic rings. The van der Waals surface area contributed by atoms with Crippen LogP contribution in [0.5, 0.6) is 0 Å². The Morgan fingerprint density at radius 1 is 0.484 bits per heavy atom. The van der Waals surface area contributed by atoms with Gasteiger partial charge in [-0.15, -0.1) is 0 Å². The minimum atomic E-state index is -6.22. The summed E-state index contributed by atoms with van der Waals surface area (Å²) >= 11 is 0. The number of carbonyl (C=O) groups excluding carboxylic acids is 3. The predicted octanol–water partition coefficient (Wildman–Crippen LogP) is 8.10. The van der Waals surface area contributed by atoms with Gasteiger partial charge in [-0.3, -0.25) is 4.55 Å². The summed E-state index contributed by atoms with van der Waals surface area (Å²) in [6.07, 6.45) is -43.6. The number of benzene rings is 1. The fourth-order valence-corrected chi connectivity index (χ4v) is 9.24. The zero-order valence-corrected chi connectivity index (χ0v) is 33.6. The van der Waals surface area contributed by atoms with Crippen molar-refractivity contribution in [2.75, 3.05) is 0 Å². The maximum atomic E-state index is 13.6. The first-order chi connectivity index (χ1) is 28.8. The van der Waals surface area contributed by atoms with E-state index in [1.165, 1.54) is 0 Å². The fraction of sp³-hybridized carbons (Fsp3) is 0.750. The monoisotopic (exact) mass is 980 g/mol. The number of hydrogen-bond donors (Lipinski definition) is 4. The van der Waals surface area contributed by atoms with Gasteiger partial charge in [-0.05, 0) is 102 Å². The molecule has 0 radical (unpaired) electrons. The van der Waals surface area contributed by atoms with Crippen molar-refractivity contribution in [2.45, 2.75) is 155 Å². The third kappa shape index (κ3) is 10.5. The highest BCUT2D eigenvalue weighted by molar-refractivity contribution is 7.86. The lowest BCUT2D eigenvalue weighted by Gasteiger charge is -2.41. The van der Waals surface area contributed by atoms with Gasteiger partial charge in [0.25, 0.3) is 21.3 Å². The average Bonchev–Trinajstić information content (AvgIpc) is 3.15. The van der Waals surface area contributed by atoms with Crippen LogP contribution >= 0.6 is 0 Å². The van der Waals surface area contributed by atoms with E-state index in [2.05, 4.69) is 0 Å². The number of carbonyl (C=O) groups is 3. The van der Waals surface area contributed by atoms with Crippen molar-refractivity contribution in [3.05, 3.63) is 28.8 Å². The summed E-state index contributed by atoms with van der Waals surface area (Å²) in [6.45, 7) is 0.501. The van der Waals surface area contributed by atoms with Crippen LogP contribution in [0.1, 0.15) is 115 Å². The normalized spacial score (nSPS) is 25.8. The predicted molar refractivity (Wildman–Crippen MR) is 181 cm³/mol. The van der Waals surface area contributed by atoms with E-state index in [1.807, 2.05) is 0 Å². The molecule has 3 fully saturated rings. The lowest BCUT2D eigenvalue weighted by Crippen LogP contribution is -2.62. The smallest absolute Gasteiger partial charge is 0.426 e. The zero-order chi connectivity index (χ0) is 49.0. The molecule has 0 aliphatic heterocycles. The van der Waals surface area contributed by atoms with E-state index in [0.717, 1.165) is 0 Å². The first-order valence-corrected chi connectivity index (χ1v) is 20.5. The average molecular weight is 981 g/mol. The van der Waals surface area contributed by atoms with Crippen LogP contribution in [0, 0.1) is 17.8 Å². The summed E-state index contributed by atoms with van der Waals surface area (Å²) in [5.74, 6) is -11.8. The molecule has 3 aliphatic rings. The van der Waals surface area contributed by atoms with E-state index < -0.39 is 210 Å². The molecule has 0 bridgehead atoms. The molecule has 64 heavy (non-hydrogen) atoms. The minimum Gasteiger partial charge on any atom is -0.459 e. The number of rotatable bonds is 10. The third-order valence-corrected chi connectivity index (χ3v) is 13.1. The van der Waals surface area contributed by atoms with Gasteiger partial charge in [0, 0.05) is 11.8 Å². The molecule has 0 amide bonds. The largest absolute Gasteiger partial charge is 0.459 e. The van der Waals surface area contributed by atoms with Crippen molar-refractivity contribution in [1.82, 2.24) is 0 Å². The van der Waals surface area contributed by atoms with Gasteiger partial charge < -0.3 is 29.5 Å². The number of hydrogen-bond acceptors (Lipinski definition) is 11. The lowest BCUT2D eigenvalue weighted by atomic mass is 9.75. The summed E-state index contributed by atoms with van der Waals surface area (Å²) in [7, 11) is -5.86. The molecule has 12 nitrogen and oxygen atoms in total. The van der Waals surface area contributed by atoms with E-state index in [0.29, 0.717) is 19.1 Å². The molecule has 366 valence electrons. The van der Waals surface area contributed by atoms with Crippen LogP contribution in [0.2, 0.25) is 0 Å². The summed E-state index contributed by atoms with van der Waals surface area (Å²) < 4.78 is 253. The van der Waals surface area contributed by atoms with Gasteiger partial charge in [-0.1, -0.05) is 0 Å². The van der Waals surface area contributed by atoms with Crippen LogP contribution in [0.4, 0.5) is 65.9 Å². The number of ether oxygens (including phenoxy) is 3. The molecule has 0 saturated heterocycles. The molecule has 1 atom stereocenters. The van der Waals surface area contributed by atoms with E-state index in [4.69, 9.17) is 14.2 Å². The highest BCUT2D eigenvalue weighted by Crippen LogP contribution is 2.53. The summed E-state index contributed by atoms with van der Waals surface area (Å²) in [4.78, 5) is 38.9. The van der Waals surface area contributed by atoms with E-state index in [1.54, 1.807) is 0 Å². The summed E-state index contributed by atoms with van der Waals surface area (Å²) in [5, 5.41) is 29.6. The van der Waals surface area contributed by atoms with Crippen LogP contribution in [-0.2, 0) is 24.3 Å². The molecular weight excluding hydrogens is 941 g/mol. The van der Waals surface area contributed by atoms with Gasteiger partial charge in [0.05, 0.1) is 16.7 Å². The highest BCUT2D eigenvalue weighted by atomic mass is 32.2. The quantitative estimate of drug-likeness (QED) is 0.0763. The fourth-order valence-electron chi connectivity index (χ4n) is 8.40. The number of alkyl halides is 15. The lowest BCUT2D eigenvalue weighted by molar-refractivity contribution is -0.388. The van der Waals surface area contributed by atoms with Gasteiger partial charge in [0.15, 0.2) is 5.60 Å². The SMILES string of the molecule is CC(O)(C1CCC(OC(=O)c2cc(C(=O)OC3CCC(C(O)(C(F)(F)F)C(F)(F)F)CC3)cc(C(=O)OC3CCC(C(O)(C(F)(F)F)C(F)(F)F)CC3)c2S(=O)(=O)O)CC1)C(F)(F)F. The molecule has 4 N–H and O–H groups in total. The van der Waals surface area contributed by atoms with Crippen molar-refractivity contribution >= 4 is 28.0 Å². The zero-order valence-electron chi connectivity index (χ0n) is 32.7. The van der Waals surface area contributed by atoms with Gasteiger partial charge in [-0.25, -0.2) is 14.4 Å². The Bertz CT molecular complexity index is 1960. The molecule has 28 heteroatoms. The van der Waals surface area contributed by atoms with Crippen molar-refractivity contribution in [3.8, 4) is 0 Å². The van der Waals surface area contributed by atoms with Crippen molar-refractivity contribution in [2.24, 2.45) is 17.8 Å². The number of aliphatic hydroxyl groups is 3. The van der Waals surface area contributed by atoms with E-state index in [-0.39, 0.29) is 0 Å². The highest BCUT2D eigenvalue weighted by Gasteiger charge is 2.74. The molecule has 3 aliphatic carbocycles. The van der Waals surface area contributed by atoms with Crippen molar-refractivity contribution in [3.63, 3.8) is 0 Å². The molecule has 1 unspecified atom stereocenters. The molecular formula is C36H39F15O12S. The maximum Gasteiger partial charge on any atom is 0.426 e. The van der Waals surface area contributed by atoms with Gasteiger partial charge in [0.2, 0.25) is 0 Å². The second-order valence-electron chi connectivity index (χ2n) is 16.2. The Kier molecular flexibility index (Phi) is 14.8. The van der Waals surface area contributed by atoms with Gasteiger partial charge in [0.1, 0.15) is 23.2 Å². The molecule has 0 spiro atoms. The molecule has 3 saturated carbocycles. The first-order valence-electron chi connectivity index (χ1n) is 19.1. The Morgan fingerprint density at radius 3 is 1.00 bits per heavy atom. The van der Waals surface area contributed by atoms with Crippen LogP contribution in [0.15, 0.2) is 17.0 Å². The topological polar surface area (TPSA) is 194 Å². The van der Waals surface area contributed by atoms with Gasteiger partial charge in [-0.2, -0.15) is 74.3 Å². The molecule has 0 heterocycles. The van der Waals surface area contributed by atoms with Crippen molar-refractivity contribution in [1.29, 1.82) is 0 Å². The Morgan fingerprint density at radius 2 is 0.750 bits per heavy atom. The standard InChI is InChI=1S/C36H39F15O12S/c1-29(55,32(37,38)39)17-2-8-21(9-3-17)62-27(53)23-14-16(26(52)61-20-10-4-18(5-11-20)30(56,33(40,41)42)34(43,44)45)15-24(25(23)64(58,59)60)28(54)63-22-12-6-19(7-13-22)31(57,35(46,47)48)36(49,50)51/h14-15,17-22,55-57H,2-13H2,1H3,(H,58,59,60). The Balaban J connectivity index is 1.66. The second kappa shape index (κ2) is 17.9. The van der Waals surface area contributed by atoms with Crippen molar-refractivity contribution < 1.29 is 123 Å². The van der Waals surface area contributed by atoms with Gasteiger partial charge >= 0.3 is 48.8 Å². The van der Waals surface area contributed by atoms with Crippen LogP contribution in [0.25, 0.3) is 0 Å². The number of halogens is 15. The molecule has 4 rings (SSSR count). The van der Waals surface area contributed by atoms with E-state index >= 15 is 0 Å². The summed E-state index contributed by atoms with van der Waals surface area (Å²) in [5.41, 5.74) is -17.4. The number of esters is 3. The minimum absolute atomic E-state index is 0.296. The Hall–Kier alpha value is -3.63. The van der Waals surface area contributed by atoms with Crippen LogP contribution in [-0.4, -0.2) is 112 Å². The molecule has 0 aromatic heterocycles. The first kappa shape index (κ1) is 53.0. The summed E-state index contributed by atoms with van der Waals surface area (Å²) in [6, 6.07) is 0.632. The second-order valence-corrected chi connectivity index (χ2v) is 17.5. The van der Waals surface area contributed by atoms with Crippen LogP contribution < -0.4 is 0 Å². The Labute approximate surface area is 352 Å².